The maximum atomic E-state index is 12.8. The highest BCUT2D eigenvalue weighted by Crippen LogP contribution is 2.29. The van der Waals surface area contributed by atoms with Crippen LogP contribution in [0.1, 0.15) is 66.7 Å². The molecule has 0 spiro atoms. The second kappa shape index (κ2) is 10.1. The molecule has 2 aromatic heterocycles. The summed E-state index contributed by atoms with van der Waals surface area (Å²) in [4.78, 5) is 42.3. The molecule has 0 fully saturated rings. The van der Waals surface area contributed by atoms with Crippen LogP contribution in [-0.4, -0.2) is 28.4 Å². The van der Waals surface area contributed by atoms with Gasteiger partial charge in [0, 0.05) is 28.5 Å². The molecular weight excluding hydrogens is 470 g/mol. The van der Waals surface area contributed by atoms with Gasteiger partial charge >= 0.3 is 5.91 Å². The number of rotatable bonds is 4. The third-order valence-corrected chi connectivity index (χ3v) is 6.26. The first kappa shape index (κ1) is 23.9. The molecule has 3 amide bonds. The van der Waals surface area contributed by atoms with Gasteiger partial charge < -0.3 is 4.42 Å². The quantitative estimate of drug-likeness (QED) is 0.369. The second-order valence-corrected chi connectivity index (χ2v) is 8.87. The molecule has 9 heteroatoms. The van der Waals surface area contributed by atoms with Crippen molar-refractivity contribution < 1.29 is 18.8 Å². The predicted molar refractivity (Wildman–Crippen MR) is 138 cm³/mol. The number of furan rings is 1. The van der Waals surface area contributed by atoms with Crippen LogP contribution >= 0.6 is 0 Å². The molecule has 186 valence electrons. The maximum absolute atomic E-state index is 12.8. The van der Waals surface area contributed by atoms with Gasteiger partial charge in [0.15, 0.2) is 5.76 Å². The molecule has 0 bridgehead atoms. The minimum atomic E-state index is -0.573. The highest BCUT2D eigenvalue weighted by molar-refractivity contribution is 6.07. The molecule has 3 N–H and O–H groups in total. The van der Waals surface area contributed by atoms with Crippen LogP contribution in [0.5, 0.6) is 0 Å². The Hall–Kier alpha value is -4.79. The number of carbonyl (C=O) groups excluding carboxylic acids is 3. The second-order valence-electron chi connectivity index (χ2n) is 8.87. The molecule has 1 aliphatic carbocycles. The average molecular weight is 496 g/mol. The lowest BCUT2D eigenvalue weighted by molar-refractivity contribution is 0.0829. The number of hydrogen-bond donors (Lipinski definition) is 3. The first-order chi connectivity index (χ1) is 17.9. The molecule has 0 aliphatic heterocycles. The first-order valence-electron chi connectivity index (χ1n) is 11.9. The summed E-state index contributed by atoms with van der Waals surface area (Å²) in [5, 5.41) is 5.29. The third kappa shape index (κ3) is 4.97. The number of hydrogen-bond acceptors (Lipinski definition) is 6. The number of nitrogens with one attached hydrogen (secondary N) is 3. The van der Waals surface area contributed by atoms with Gasteiger partial charge in [0.2, 0.25) is 0 Å². The van der Waals surface area contributed by atoms with E-state index in [0.717, 1.165) is 22.9 Å². The van der Waals surface area contributed by atoms with Crippen molar-refractivity contribution in [2.24, 2.45) is 5.10 Å². The summed E-state index contributed by atoms with van der Waals surface area (Å²) in [5.74, 6) is -0.726. The fourth-order valence-electron chi connectivity index (χ4n) is 4.31. The molecule has 2 heterocycles. The number of fused-ring (bicyclic) bond motifs is 2. The zero-order chi connectivity index (χ0) is 25.9. The fourth-order valence-corrected chi connectivity index (χ4v) is 4.31. The summed E-state index contributed by atoms with van der Waals surface area (Å²) >= 11 is 0. The van der Waals surface area contributed by atoms with E-state index in [9.17, 15) is 14.4 Å². The van der Waals surface area contributed by atoms with Crippen molar-refractivity contribution in [2.45, 2.75) is 33.1 Å². The number of hydrazone groups is 1. The summed E-state index contributed by atoms with van der Waals surface area (Å²) in [6, 6.07) is 18.0. The summed E-state index contributed by atoms with van der Waals surface area (Å²) in [6.45, 7) is 3.68. The number of benzene rings is 2. The van der Waals surface area contributed by atoms with Crippen molar-refractivity contribution in [3.05, 3.63) is 100 Å². The molecule has 37 heavy (non-hydrogen) atoms. The molecule has 4 aromatic rings. The fraction of sp³-hybridized carbons (Fsp3) is 0.179. The SMILES string of the molecule is Cc1ccc(C(=O)NNC(=O)c2oc3c(c2C)/C(=N/NC(=O)c2ccc4ccccc4n2)CCC3)cc1. The van der Waals surface area contributed by atoms with E-state index >= 15 is 0 Å². The Balaban J connectivity index is 1.30. The van der Waals surface area contributed by atoms with Gasteiger partial charge in [0.25, 0.3) is 11.8 Å². The maximum Gasteiger partial charge on any atom is 0.305 e. The van der Waals surface area contributed by atoms with Gasteiger partial charge in [0.05, 0.1) is 11.2 Å². The largest absolute Gasteiger partial charge is 0.455 e. The Morgan fingerprint density at radius 3 is 2.43 bits per heavy atom. The van der Waals surface area contributed by atoms with Crippen molar-refractivity contribution in [3.63, 3.8) is 0 Å². The minimum Gasteiger partial charge on any atom is -0.455 e. The van der Waals surface area contributed by atoms with Crippen LogP contribution in [0.4, 0.5) is 0 Å². The van der Waals surface area contributed by atoms with E-state index in [1.165, 1.54) is 0 Å². The molecule has 5 rings (SSSR count). The van der Waals surface area contributed by atoms with E-state index in [1.54, 1.807) is 25.1 Å². The molecule has 9 nitrogen and oxygen atoms in total. The van der Waals surface area contributed by atoms with Crippen LogP contribution in [0.2, 0.25) is 0 Å². The van der Waals surface area contributed by atoms with Crippen molar-refractivity contribution in [1.82, 2.24) is 21.3 Å². The number of nitrogens with zero attached hydrogens (tertiary/aromatic N) is 2. The standard InChI is InChI=1S/C28H25N5O4/c1-16-10-12-19(13-11-16)26(34)31-33-28(36)25-17(2)24-21(8-5-9-23(24)37-25)30-32-27(35)22-15-14-18-6-3-4-7-20(18)29-22/h3-4,6-7,10-15H,5,8-9H2,1-2H3,(H,31,34)(H,32,35)(H,33,36)/b30-21+. The number of para-hydroxylation sites is 1. The van der Waals surface area contributed by atoms with E-state index in [2.05, 4.69) is 26.4 Å². The predicted octanol–water partition coefficient (Wildman–Crippen LogP) is 3.99. The lowest BCUT2D eigenvalue weighted by Gasteiger charge is -2.13. The van der Waals surface area contributed by atoms with E-state index in [0.29, 0.717) is 41.0 Å². The van der Waals surface area contributed by atoms with Crippen molar-refractivity contribution >= 4 is 34.3 Å². The molecular formula is C28H25N5O4. The molecule has 0 saturated heterocycles. The normalized spacial score (nSPS) is 13.7. The molecule has 0 saturated carbocycles. The lowest BCUT2D eigenvalue weighted by atomic mass is 9.93. The van der Waals surface area contributed by atoms with Crippen molar-refractivity contribution in [3.8, 4) is 0 Å². The minimum absolute atomic E-state index is 0.0892. The molecule has 0 unspecified atom stereocenters. The van der Waals surface area contributed by atoms with Gasteiger partial charge in [-0.15, -0.1) is 0 Å². The summed E-state index contributed by atoms with van der Waals surface area (Å²) in [5.41, 5.74) is 11.8. The number of aryl methyl sites for hydroxylation is 2. The summed E-state index contributed by atoms with van der Waals surface area (Å²) < 4.78 is 5.85. The zero-order valence-electron chi connectivity index (χ0n) is 20.4. The molecule has 1 aliphatic rings. The Morgan fingerprint density at radius 1 is 0.865 bits per heavy atom. The van der Waals surface area contributed by atoms with E-state index in [-0.39, 0.29) is 11.5 Å². The Bertz CT molecular complexity index is 1550. The van der Waals surface area contributed by atoms with Crippen LogP contribution < -0.4 is 16.3 Å². The third-order valence-electron chi connectivity index (χ3n) is 6.26. The Labute approximate surface area is 212 Å². The van der Waals surface area contributed by atoms with Crippen molar-refractivity contribution in [2.75, 3.05) is 0 Å². The van der Waals surface area contributed by atoms with E-state index in [1.807, 2.05) is 49.4 Å². The van der Waals surface area contributed by atoms with E-state index in [4.69, 9.17) is 4.42 Å². The van der Waals surface area contributed by atoms with Gasteiger partial charge in [-0.2, -0.15) is 5.10 Å². The monoisotopic (exact) mass is 495 g/mol. The topological polar surface area (TPSA) is 126 Å². The number of hydrazine groups is 1. The van der Waals surface area contributed by atoms with Gasteiger partial charge in [-0.25, -0.2) is 10.4 Å². The number of pyridine rings is 1. The number of aromatic nitrogens is 1. The Morgan fingerprint density at radius 2 is 1.62 bits per heavy atom. The molecule has 2 aromatic carbocycles. The summed E-state index contributed by atoms with van der Waals surface area (Å²) in [6.07, 6.45) is 2.01. The highest BCUT2D eigenvalue weighted by atomic mass is 16.4. The van der Waals surface area contributed by atoms with Crippen LogP contribution in [0.3, 0.4) is 0 Å². The van der Waals surface area contributed by atoms with Crippen LogP contribution in [0, 0.1) is 13.8 Å². The van der Waals surface area contributed by atoms with E-state index < -0.39 is 17.7 Å². The first-order valence-corrected chi connectivity index (χ1v) is 11.9. The molecule has 0 atom stereocenters. The van der Waals surface area contributed by atoms with Crippen LogP contribution in [0.15, 0.2) is 70.2 Å². The molecule has 0 radical (unpaired) electrons. The summed E-state index contributed by atoms with van der Waals surface area (Å²) in [7, 11) is 0. The van der Waals surface area contributed by atoms with Gasteiger partial charge in [-0.1, -0.05) is 42.0 Å². The highest BCUT2D eigenvalue weighted by Gasteiger charge is 2.28. The number of amides is 3. The van der Waals surface area contributed by atoms with Crippen LogP contribution in [-0.2, 0) is 6.42 Å². The van der Waals surface area contributed by atoms with Gasteiger partial charge in [-0.3, -0.25) is 25.2 Å². The smallest absolute Gasteiger partial charge is 0.305 e. The Kier molecular flexibility index (Phi) is 6.51. The van der Waals surface area contributed by atoms with Gasteiger partial charge in [0.1, 0.15) is 11.5 Å². The van der Waals surface area contributed by atoms with Crippen molar-refractivity contribution in [1.29, 1.82) is 0 Å². The zero-order valence-corrected chi connectivity index (χ0v) is 20.4. The van der Waals surface area contributed by atoms with Crippen LogP contribution in [0.25, 0.3) is 10.9 Å². The lowest BCUT2D eigenvalue weighted by Crippen LogP contribution is -2.41. The van der Waals surface area contributed by atoms with Gasteiger partial charge in [-0.05, 0) is 51.0 Å². The number of carbonyl (C=O) groups is 3. The average Bonchev–Trinajstić information content (AvgIpc) is 3.27.